The molecule has 2 aliphatic rings. The highest BCUT2D eigenvalue weighted by atomic mass is 79.9. The first-order valence-corrected chi connectivity index (χ1v) is 6.31. The number of ether oxygens (including phenoxy) is 2. The fourth-order valence-electron chi connectivity index (χ4n) is 2.01. The number of rotatable bonds is 1. The normalized spacial score (nSPS) is 21.4. The number of benzene rings is 1. The van der Waals surface area contributed by atoms with E-state index >= 15 is 0 Å². The van der Waals surface area contributed by atoms with Gasteiger partial charge in [0.25, 0.3) is 0 Å². The van der Waals surface area contributed by atoms with Crippen LogP contribution >= 0.6 is 15.9 Å². The van der Waals surface area contributed by atoms with Gasteiger partial charge in [-0.25, -0.2) is 0 Å². The lowest BCUT2D eigenvalue weighted by Crippen LogP contribution is -2.09. The number of aliphatic hydroxyl groups is 1. The first kappa shape index (κ1) is 10.4. The van der Waals surface area contributed by atoms with Crippen molar-refractivity contribution in [2.45, 2.75) is 24.9 Å². The average Bonchev–Trinajstić information content (AvgIpc) is 3.02. The van der Waals surface area contributed by atoms with Gasteiger partial charge >= 0.3 is 0 Å². The van der Waals surface area contributed by atoms with E-state index in [0.29, 0.717) is 19.0 Å². The Labute approximate surface area is 102 Å². The Kier molecular flexibility index (Phi) is 2.37. The van der Waals surface area contributed by atoms with E-state index in [1.165, 1.54) is 0 Å². The van der Waals surface area contributed by atoms with Gasteiger partial charge in [0.05, 0.1) is 18.8 Å². The predicted octanol–water partition coefficient (Wildman–Crippen LogP) is 2.59. The Morgan fingerprint density at radius 2 is 1.94 bits per heavy atom. The summed E-state index contributed by atoms with van der Waals surface area (Å²) in [6.07, 6.45) is 2.47. The number of hydrogen-bond acceptors (Lipinski definition) is 3. The molecule has 1 aromatic carbocycles. The summed E-state index contributed by atoms with van der Waals surface area (Å²) in [7, 11) is 0. The molecular weight excluding hydrogens is 272 g/mol. The molecule has 1 saturated carbocycles. The van der Waals surface area contributed by atoms with Crippen LogP contribution in [0, 0.1) is 0 Å². The second-order valence-corrected chi connectivity index (χ2v) is 5.19. The molecular formula is C12H13BrO3. The third-order valence-electron chi connectivity index (χ3n) is 3.05. The molecule has 0 aromatic heterocycles. The zero-order chi connectivity index (χ0) is 11.2. The molecule has 0 atom stereocenters. The smallest absolute Gasteiger partial charge is 0.168 e. The zero-order valence-corrected chi connectivity index (χ0v) is 10.4. The lowest BCUT2D eigenvalue weighted by Gasteiger charge is -2.17. The molecule has 0 unspecified atom stereocenters. The van der Waals surface area contributed by atoms with Gasteiger partial charge in [-0.2, -0.15) is 0 Å². The average molecular weight is 285 g/mol. The van der Waals surface area contributed by atoms with Gasteiger partial charge in [-0.3, -0.25) is 0 Å². The molecule has 1 heterocycles. The van der Waals surface area contributed by atoms with E-state index in [9.17, 15) is 5.11 Å². The van der Waals surface area contributed by atoms with Gasteiger partial charge in [0.15, 0.2) is 11.5 Å². The minimum atomic E-state index is -0.710. The summed E-state index contributed by atoms with van der Waals surface area (Å²) in [5, 5.41) is 10.3. The molecule has 4 heteroatoms. The van der Waals surface area contributed by atoms with E-state index in [1.54, 1.807) is 0 Å². The Bertz CT molecular complexity index is 427. The largest absolute Gasteiger partial charge is 0.490 e. The van der Waals surface area contributed by atoms with Gasteiger partial charge in [0, 0.05) is 16.5 Å². The molecule has 3 rings (SSSR count). The summed E-state index contributed by atoms with van der Waals surface area (Å²) >= 11 is 3.48. The third-order valence-corrected chi connectivity index (χ3v) is 3.71. The van der Waals surface area contributed by atoms with E-state index in [2.05, 4.69) is 15.9 Å². The van der Waals surface area contributed by atoms with Crippen LogP contribution in [0.5, 0.6) is 11.5 Å². The first-order valence-electron chi connectivity index (χ1n) is 5.52. The fourth-order valence-corrected chi connectivity index (χ4v) is 2.70. The predicted molar refractivity (Wildman–Crippen MR) is 62.9 cm³/mol. The maximum absolute atomic E-state index is 10.3. The molecule has 3 nitrogen and oxygen atoms in total. The van der Waals surface area contributed by atoms with Gasteiger partial charge in [0.2, 0.25) is 0 Å². The number of hydrogen-bond donors (Lipinski definition) is 1. The Morgan fingerprint density at radius 1 is 1.19 bits per heavy atom. The molecule has 1 fully saturated rings. The third kappa shape index (κ3) is 1.60. The van der Waals surface area contributed by atoms with Crippen LogP contribution in [0.15, 0.2) is 16.6 Å². The minimum absolute atomic E-state index is 0.645. The molecule has 16 heavy (non-hydrogen) atoms. The molecule has 1 aliphatic carbocycles. The van der Waals surface area contributed by atoms with E-state index in [-0.39, 0.29) is 0 Å². The van der Waals surface area contributed by atoms with Crippen molar-refractivity contribution in [2.75, 3.05) is 13.2 Å². The fraction of sp³-hybridized carbons (Fsp3) is 0.500. The summed E-state index contributed by atoms with van der Waals surface area (Å²) in [6, 6.07) is 3.80. The molecule has 1 N–H and O–H groups in total. The monoisotopic (exact) mass is 284 g/mol. The molecule has 86 valence electrons. The highest BCUT2D eigenvalue weighted by Gasteiger charge is 2.46. The van der Waals surface area contributed by atoms with Crippen molar-refractivity contribution in [2.24, 2.45) is 0 Å². The highest BCUT2D eigenvalue weighted by molar-refractivity contribution is 9.10. The lowest BCUT2D eigenvalue weighted by atomic mass is 10.1. The van der Waals surface area contributed by atoms with Crippen LogP contribution < -0.4 is 9.47 Å². The SMILES string of the molecule is OC1(c2c(Br)ccc3c2OCCCO3)CC1. The van der Waals surface area contributed by atoms with Gasteiger partial charge in [-0.1, -0.05) is 15.9 Å². The second-order valence-electron chi connectivity index (χ2n) is 4.33. The summed E-state index contributed by atoms with van der Waals surface area (Å²) in [6.45, 7) is 1.32. The second kappa shape index (κ2) is 3.64. The van der Waals surface area contributed by atoms with Crippen LogP contribution in [0.3, 0.4) is 0 Å². The van der Waals surface area contributed by atoms with Crippen molar-refractivity contribution in [1.82, 2.24) is 0 Å². The van der Waals surface area contributed by atoms with Crippen LogP contribution in [-0.2, 0) is 5.60 Å². The molecule has 0 bridgehead atoms. The summed E-state index contributed by atoms with van der Waals surface area (Å²) < 4.78 is 12.2. The van der Waals surface area contributed by atoms with E-state index in [0.717, 1.165) is 35.0 Å². The molecule has 0 radical (unpaired) electrons. The van der Waals surface area contributed by atoms with Crippen molar-refractivity contribution in [3.05, 3.63) is 22.2 Å². The summed E-state index contributed by atoms with van der Waals surface area (Å²) in [5.74, 6) is 1.46. The Balaban J connectivity index is 2.14. The van der Waals surface area contributed by atoms with Crippen LogP contribution in [0.4, 0.5) is 0 Å². The van der Waals surface area contributed by atoms with Gasteiger partial charge in [-0.05, 0) is 25.0 Å². The Morgan fingerprint density at radius 3 is 2.69 bits per heavy atom. The van der Waals surface area contributed by atoms with Crippen molar-refractivity contribution in [3.63, 3.8) is 0 Å². The van der Waals surface area contributed by atoms with Crippen molar-refractivity contribution in [3.8, 4) is 11.5 Å². The first-order chi connectivity index (χ1) is 7.71. The van der Waals surface area contributed by atoms with Crippen molar-refractivity contribution >= 4 is 15.9 Å². The molecule has 1 aromatic rings. The van der Waals surface area contributed by atoms with E-state index < -0.39 is 5.60 Å². The van der Waals surface area contributed by atoms with Crippen molar-refractivity contribution < 1.29 is 14.6 Å². The Hall–Kier alpha value is -0.740. The van der Waals surface area contributed by atoms with Crippen LogP contribution in [0.2, 0.25) is 0 Å². The minimum Gasteiger partial charge on any atom is -0.490 e. The topological polar surface area (TPSA) is 38.7 Å². The number of fused-ring (bicyclic) bond motifs is 1. The van der Waals surface area contributed by atoms with Crippen LogP contribution in [0.25, 0.3) is 0 Å². The summed E-state index contributed by atoms with van der Waals surface area (Å²) in [5.41, 5.74) is 0.143. The zero-order valence-electron chi connectivity index (χ0n) is 8.83. The maximum Gasteiger partial charge on any atom is 0.168 e. The lowest BCUT2D eigenvalue weighted by molar-refractivity contribution is 0.145. The highest BCUT2D eigenvalue weighted by Crippen LogP contribution is 2.54. The molecule has 1 aliphatic heterocycles. The van der Waals surface area contributed by atoms with E-state index in [1.807, 2.05) is 12.1 Å². The van der Waals surface area contributed by atoms with Crippen molar-refractivity contribution in [1.29, 1.82) is 0 Å². The van der Waals surface area contributed by atoms with Gasteiger partial charge < -0.3 is 14.6 Å². The number of halogens is 1. The standard InChI is InChI=1S/C12H13BrO3/c13-8-2-3-9-11(16-7-1-6-15-9)10(8)12(14)4-5-12/h2-3,14H,1,4-7H2. The van der Waals surface area contributed by atoms with E-state index in [4.69, 9.17) is 9.47 Å². The van der Waals surface area contributed by atoms with Gasteiger partial charge in [-0.15, -0.1) is 0 Å². The maximum atomic E-state index is 10.3. The quantitative estimate of drug-likeness (QED) is 0.862. The molecule has 0 saturated heterocycles. The van der Waals surface area contributed by atoms with Crippen LogP contribution in [0.1, 0.15) is 24.8 Å². The molecule has 0 amide bonds. The van der Waals surface area contributed by atoms with Crippen LogP contribution in [-0.4, -0.2) is 18.3 Å². The molecule has 0 spiro atoms. The summed E-state index contributed by atoms with van der Waals surface area (Å²) in [4.78, 5) is 0. The van der Waals surface area contributed by atoms with Gasteiger partial charge in [0.1, 0.15) is 0 Å².